The Bertz CT molecular complexity index is 361. The average molecular weight is 187 g/mol. The fourth-order valence-corrected chi connectivity index (χ4v) is 2.87. The summed E-state index contributed by atoms with van der Waals surface area (Å²) in [5, 5.41) is 12.4. The third-order valence-corrected chi connectivity index (χ3v) is 3.53. The maximum atomic E-state index is 9.02. The van der Waals surface area contributed by atoms with E-state index in [1.165, 1.54) is 24.1 Å². The van der Waals surface area contributed by atoms with Crippen LogP contribution >= 0.6 is 0 Å². The molecule has 0 amide bonds. The summed E-state index contributed by atoms with van der Waals surface area (Å²) in [7, 11) is 0. The van der Waals surface area contributed by atoms with Crippen LogP contribution in [0, 0.1) is 17.4 Å². The molecule has 0 aromatic heterocycles. The van der Waals surface area contributed by atoms with Gasteiger partial charge in [-0.2, -0.15) is 5.26 Å². The highest BCUT2D eigenvalue weighted by molar-refractivity contribution is 5.40. The molecule has 0 spiro atoms. The zero-order valence-corrected chi connectivity index (χ0v) is 8.03. The van der Waals surface area contributed by atoms with Gasteiger partial charge in [0.05, 0.1) is 6.04 Å². The molecular weight excluding hydrogens is 174 g/mol. The summed E-state index contributed by atoms with van der Waals surface area (Å²) in [6, 6.07) is 0.482. The lowest BCUT2D eigenvalue weighted by molar-refractivity contribution is 0.448. The Balaban J connectivity index is 2.07. The molecule has 0 aromatic carbocycles. The molecule has 14 heavy (non-hydrogen) atoms. The van der Waals surface area contributed by atoms with Crippen LogP contribution in [0.1, 0.15) is 19.3 Å². The van der Waals surface area contributed by atoms with Crippen molar-refractivity contribution >= 4 is 0 Å². The molecule has 1 fully saturated rings. The Morgan fingerprint density at radius 3 is 3.21 bits per heavy atom. The van der Waals surface area contributed by atoms with Crippen LogP contribution in [0.4, 0.5) is 0 Å². The van der Waals surface area contributed by atoms with Crippen LogP contribution in [0.5, 0.6) is 0 Å². The van der Waals surface area contributed by atoms with Crippen molar-refractivity contribution in [2.45, 2.75) is 25.3 Å². The monoisotopic (exact) mass is 187 g/mol. The molecule has 1 saturated heterocycles. The molecule has 3 heteroatoms. The second-order valence-corrected chi connectivity index (χ2v) is 4.21. The molecular formula is C11H13N3. The van der Waals surface area contributed by atoms with Crippen LogP contribution in [0.15, 0.2) is 23.5 Å². The lowest BCUT2D eigenvalue weighted by atomic mass is 9.85. The first-order valence-corrected chi connectivity index (χ1v) is 5.24. The van der Waals surface area contributed by atoms with Crippen LogP contribution in [0.3, 0.4) is 0 Å². The number of nitrogens with zero attached hydrogens (tertiary/aromatic N) is 2. The van der Waals surface area contributed by atoms with Crippen molar-refractivity contribution in [3.63, 3.8) is 0 Å². The van der Waals surface area contributed by atoms with E-state index < -0.39 is 0 Å². The van der Waals surface area contributed by atoms with Gasteiger partial charge in [0.15, 0.2) is 6.19 Å². The normalized spacial score (nSPS) is 33.8. The highest BCUT2D eigenvalue weighted by Crippen LogP contribution is 2.40. The smallest absolute Gasteiger partial charge is 0.183 e. The second-order valence-electron chi connectivity index (χ2n) is 4.21. The van der Waals surface area contributed by atoms with Crippen molar-refractivity contribution < 1.29 is 0 Å². The first-order valence-electron chi connectivity index (χ1n) is 5.24. The highest BCUT2D eigenvalue weighted by Gasteiger charge is 2.37. The van der Waals surface area contributed by atoms with Gasteiger partial charge in [0.1, 0.15) is 0 Å². The molecule has 0 saturated carbocycles. The third kappa shape index (κ3) is 0.913. The Morgan fingerprint density at radius 2 is 2.36 bits per heavy atom. The van der Waals surface area contributed by atoms with Crippen molar-refractivity contribution in [1.82, 2.24) is 10.2 Å². The van der Waals surface area contributed by atoms with E-state index >= 15 is 0 Å². The number of likely N-dealkylation sites (tertiary alicyclic amines) is 1. The Morgan fingerprint density at radius 1 is 1.43 bits per heavy atom. The summed E-state index contributed by atoms with van der Waals surface area (Å²) >= 11 is 0. The lowest BCUT2D eigenvalue weighted by Crippen LogP contribution is -2.29. The van der Waals surface area contributed by atoms with Gasteiger partial charge in [-0.1, -0.05) is 0 Å². The van der Waals surface area contributed by atoms with E-state index in [-0.39, 0.29) is 0 Å². The van der Waals surface area contributed by atoms with Crippen molar-refractivity contribution in [1.29, 1.82) is 5.26 Å². The van der Waals surface area contributed by atoms with Gasteiger partial charge >= 0.3 is 0 Å². The number of fused-ring (bicyclic) bond motifs is 2. The summed E-state index contributed by atoms with van der Waals surface area (Å²) in [4.78, 5) is 1.88. The Kier molecular flexibility index (Phi) is 1.57. The number of nitriles is 1. The minimum absolute atomic E-state index is 0.482. The van der Waals surface area contributed by atoms with Gasteiger partial charge in [-0.3, -0.25) is 4.90 Å². The van der Waals surface area contributed by atoms with Crippen molar-refractivity contribution in [2.75, 3.05) is 6.54 Å². The SMILES string of the molecule is N#CN1CCC2CCC3NC=CC3=C21. The van der Waals surface area contributed by atoms with Crippen LogP contribution in [-0.4, -0.2) is 17.5 Å². The molecule has 3 nitrogen and oxygen atoms in total. The molecule has 1 N–H and O–H groups in total. The van der Waals surface area contributed by atoms with Gasteiger partial charge in [-0.15, -0.1) is 0 Å². The molecule has 0 radical (unpaired) electrons. The van der Waals surface area contributed by atoms with E-state index in [2.05, 4.69) is 17.6 Å². The molecule has 3 aliphatic rings. The molecule has 2 atom stereocenters. The van der Waals surface area contributed by atoms with E-state index in [9.17, 15) is 0 Å². The highest BCUT2D eigenvalue weighted by atomic mass is 15.2. The van der Waals surface area contributed by atoms with Crippen molar-refractivity contribution in [2.24, 2.45) is 5.92 Å². The van der Waals surface area contributed by atoms with Crippen molar-refractivity contribution in [3.05, 3.63) is 23.5 Å². The van der Waals surface area contributed by atoms with Gasteiger partial charge in [-0.25, -0.2) is 0 Å². The van der Waals surface area contributed by atoms with Gasteiger partial charge in [0, 0.05) is 18.2 Å². The Labute approximate surface area is 83.7 Å². The third-order valence-electron chi connectivity index (χ3n) is 3.53. The molecule has 2 heterocycles. The molecule has 2 aliphatic heterocycles. The van der Waals surface area contributed by atoms with Crippen LogP contribution in [-0.2, 0) is 0 Å². The minimum atomic E-state index is 0.482. The van der Waals surface area contributed by atoms with Gasteiger partial charge in [0.25, 0.3) is 0 Å². The first kappa shape index (κ1) is 7.93. The summed E-state index contributed by atoms with van der Waals surface area (Å²) in [6.45, 7) is 0.917. The van der Waals surface area contributed by atoms with E-state index in [4.69, 9.17) is 5.26 Å². The summed E-state index contributed by atoms with van der Waals surface area (Å²) < 4.78 is 0. The fourth-order valence-electron chi connectivity index (χ4n) is 2.87. The van der Waals surface area contributed by atoms with Crippen LogP contribution in [0.25, 0.3) is 0 Å². The number of rotatable bonds is 0. The summed E-state index contributed by atoms with van der Waals surface area (Å²) in [5.74, 6) is 0.644. The maximum Gasteiger partial charge on any atom is 0.183 e. The van der Waals surface area contributed by atoms with Gasteiger partial charge < -0.3 is 5.32 Å². The molecule has 1 aliphatic carbocycles. The summed E-state index contributed by atoms with van der Waals surface area (Å²) in [5.41, 5.74) is 2.66. The minimum Gasteiger partial charge on any atom is -0.384 e. The number of allylic oxidation sites excluding steroid dienone is 1. The molecule has 0 aromatic rings. The topological polar surface area (TPSA) is 39.1 Å². The van der Waals surface area contributed by atoms with E-state index in [0.717, 1.165) is 13.0 Å². The number of hydrogen-bond donors (Lipinski definition) is 1. The standard InChI is InChI=1S/C11H13N3/c12-7-14-6-4-8-1-2-10-9(11(8)14)3-5-13-10/h3,5,8,10,13H,1-2,4,6H2. The van der Waals surface area contributed by atoms with Gasteiger partial charge in [0.2, 0.25) is 0 Å². The van der Waals surface area contributed by atoms with Crippen molar-refractivity contribution in [3.8, 4) is 6.19 Å². The summed E-state index contributed by atoms with van der Waals surface area (Å²) in [6.07, 6.45) is 10.1. The Hall–Kier alpha value is -1.43. The zero-order chi connectivity index (χ0) is 9.54. The van der Waals surface area contributed by atoms with Crippen LogP contribution in [0.2, 0.25) is 0 Å². The first-order chi connectivity index (χ1) is 6.90. The lowest BCUT2D eigenvalue weighted by Gasteiger charge is -2.27. The maximum absolute atomic E-state index is 9.02. The molecule has 3 rings (SSSR count). The molecule has 0 bridgehead atoms. The average Bonchev–Trinajstić information content (AvgIpc) is 2.82. The second kappa shape index (κ2) is 2.78. The number of nitrogens with one attached hydrogen (secondary N) is 1. The molecule has 72 valence electrons. The predicted octanol–water partition coefficient (Wildman–Crippen LogP) is 1.32. The quantitative estimate of drug-likeness (QED) is 0.581. The van der Waals surface area contributed by atoms with E-state index in [1.807, 2.05) is 11.1 Å². The fraction of sp³-hybridized carbons (Fsp3) is 0.545. The zero-order valence-electron chi connectivity index (χ0n) is 8.03. The number of hydrogen-bond acceptors (Lipinski definition) is 3. The van der Waals surface area contributed by atoms with Gasteiger partial charge in [-0.05, 0) is 37.1 Å². The van der Waals surface area contributed by atoms with Crippen LogP contribution < -0.4 is 5.32 Å². The largest absolute Gasteiger partial charge is 0.384 e. The van der Waals surface area contributed by atoms with E-state index in [0.29, 0.717) is 12.0 Å². The molecule has 2 unspecified atom stereocenters. The van der Waals surface area contributed by atoms with E-state index in [1.54, 1.807) is 0 Å². The predicted molar refractivity (Wildman–Crippen MR) is 52.7 cm³/mol.